The van der Waals surface area contributed by atoms with Crippen LogP contribution in [0.3, 0.4) is 0 Å². The predicted octanol–water partition coefficient (Wildman–Crippen LogP) is 2.76. The van der Waals surface area contributed by atoms with Crippen molar-refractivity contribution in [2.45, 2.75) is 61.8 Å². The number of hydrogen-bond acceptors (Lipinski definition) is 7. The molecule has 3 heterocycles. The van der Waals surface area contributed by atoms with Gasteiger partial charge in [0.25, 0.3) is 5.91 Å². The molecule has 1 aliphatic heterocycles. The standard InChI is InChI=1S/C25H33N5O4S/c1-2-3-22(8-11-26-21-9-14-34-15-10-21)35(32,33)23-6-4-19(5-7-23)16-28-24(31)20-17-29-25-27-12-13-30(25)18-20/h4-7,12-13,17-18,21-22,26H,2-3,8-11,14-16H2,1H3,(H,28,31). The minimum absolute atomic E-state index is 0.259. The van der Waals surface area contributed by atoms with Crippen LogP contribution in [0.4, 0.5) is 0 Å². The first-order valence-corrected chi connectivity index (χ1v) is 13.7. The summed E-state index contributed by atoms with van der Waals surface area (Å²) in [6.45, 7) is 4.50. The van der Waals surface area contributed by atoms with Gasteiger partial charge in [-0.1, -0.05) is 25.5 Å². The summed E-state index contributed by atoms with van der Waals surface area (Å²) in [5.41, 5.74) is 1.24. The monoisotopic (exact) mass is 499 g/mol. The quantitative estimate of drug-likeness (QED) is 0.417. The van der Waals surface area contributed by atoms with Gasteiger partial charge in [-0.15, -0.1) is 0 Å². The van der Waals surface area contributed by atoms with E-state index < -0.39 is 15.1 Å². The van der Waals surface area contributed by atoms with E-state index in [1.54, 1.807) is 47.3 Å². The van der Waals surface area contributed by atoms with E-state index in [0.717, 1.165) is 38.0 Å². The van der Waals surface area contributed by atoms with Gasteiger partial charge in [0.05, 0.1) is 15.7 Å². The fourth-order valence-electron chi connectivity index (χ4n) is 4.33. The highest BCUT2D eigenvalue weighted by molar-refractivity contribution is 7.92. The van der Waals surface area contributed by atoms with E-state index in [4.69, 9.17) is 4.74 Å². The van der Waals surface area contributed by atoms with Gasteiger partial charge in [0.15, 0.2) is 9.84 Å². The van der Waals surface area contributed by atoms with Crippen LogP contribution in [-0.4, -0.2) is 59.7 Å². The van der Waals surface area contributed by atoms with Crippen molar-refractivity contribution >= 4 is 21.5 Å². The molecule has 0 radical (unpaired) electrons. The molecule has 10 heteroatoms. The Kier molecular flexibility index (Phi) is 8.48. The topological polar surface area (TPSA) is 115 Å². The van der Waals surface area contributed by atoms with Crippen LogP contribution < -0.4 is 10.6 Å². The number of nitrogens with zero attached hydrogens (tertiary/aromatic N) is 3. The lowest BCUT2D eigenvalue weighted by atomic mass is 10.1. The van der Waals surface area contributed by atoms with E-state index >= 15 is 0 Å². The van der Waals surface area contributed by atoms with E-state index in [9.17, 15) is 13.2 Å². The van der Waals surface area contributed by atoms with Crippen LogP contribution in [0.15, 0.2) is 53.9 Å². The van der Waals surface area contributed by atoms with Crippen molar-refractivity contribution in [3.05, 3.63) is 60.2 Å². The zero-order valence-corrected chi connectivity index (χ0v) is 20.8. The fraction of sp³-hybridized carbons (Fsp3) is 0.480. The molecular weight excluding hydrogens is 466 g/mol. The number of fused-ring (bicyclic) bond motifs is 1. The molecule has 0 saturated carbocycles. The Bertz CT molecular complexity index is 1220. The van der Waals surface area contributed by atoms with Crippen LogP contribution in [0, 0.1) is 0 Å². The van der Waals surface area contributed by atoms with Crippen LogP contribution in [0.2, 0.25) is 0 Å². The van der Waals surface area contributed by atoms with Crippen LogP contribution in [0.5, 0.6) is 0 Å². The van der Waals surface area contributed by atoms with Gasteiger partial charge in [-0.05, 0) is 49.9 Å². The molecule has 1 aliphatic rings. The van der Waals surface area contributed by atoms with Gasteiger partial charge < -0.3 is 15.4 Å². The summed E-state index contributed by atoms with van der Waals surface area (Å²) >= 11 is 0. The first-order chi connectivity index (χ1) is 17.0. The van der Waals surface area contributed by atoms with Crippen molar-refractivity contribution in [3.63, 3.8) is 0 Å². The molecule has 4 rings (SSSR count). The second kappa shape index (κ2) is 11.7. The third-order valence-electron chi connectivity index (χ3n) is 6.38. The number of nitrogens with one attached hydrogen (secondary N) is 2. The largest absolute Gasteiger partial charge is 0.381 e. The Morgan fingerprint density at radius 3 is 2.69 bits per heavy atom. The van der Waals surface area contributed by atoms with Gasteiger partial charge in [-0.2, -0.15) is 0 Å². The minimum Gasteiger partial charge on any atom is -0.381 e. The van der Waals surface area contributed by atoms with Crippen molar-refractivity contribution < 1.29 is 17.9 Å². The SMILES string of the molecule is CCCC(CCNC1CCOCC1)S(=O)(=O)c1ccc(CNC(=O)c2cnc3nccn3c2)cc1. The van der Waals surface area contributed by atoms with Crippen LogP contribution in [0.25, 0.3) is 5.78 Å². The third kappa shape index (κ3) is 6.45. The summed E-state index contributed by atoms with van der Waals surface area (Å²) in [6, 6.07) is 7.21. The molecule has 1 fully saturated rings. The lowest BCUT2D eigenvalue weighted by Gasteiger charge is -2.24. The number of benzene rings is 1. The van der Waals surface area contributed by atoms with Gasteiger partial charge in [0.2, 0.25) is 5.78 Å². The van der Waals surface area contributed by atoms with Gasteiger partial charge >= 0.3 is 0 Å². The molecule has 0 aliphatic carbocycles. The summed E-state index contributed by atoms with van der Waals surface area (Å²) in [4.78, 5) is 21.0. The second-order valence-electron chi connectivity index (χ2n) is 8.89. The number of carbonyl (C=O) groups excluding carboxylic acids is 1. The van der Waals surface area contributed by atoms with Crippen molar-refractivity contribution in [2.24, 2.45) is 0 Å². The van der Waals surface area contributed by atoms with Crippen LogP contribution >= 0.6 is 0 Å². The van der Waals surface area contributed by atoms with Crippen molar-refractivity contribution in [3.8, 4) is 0 Å². The van der Waals surface area contributed by atoms with Crippen LogP contribution in [-0.2, 0) is 21.1 Å². The highest BCUT2D eigenvalue weighted by atomic mass is 32.2. The normalized spacial score (nSPS) is 15.8. The molecule has 9 nitrogen and oxygen atoms in total. The Morgan fingerprint density at radius 1 is 1.17 bits per heavy atom. The Hall–Kier alpha value is -2.82. The molecule has 1 amide bonds. The van der Waals surface area contributed by atoms with Gasteiger partial charge in [0.1, 0.15) is 0 Å². The average Bonchev–Trinajstić information content (AvgIpc) is 3.36. The van der Waals surface area contributed by atoms with E-state index in [1.807, 2.05) is 6.92 Å². The predicted molar refractivity (Wildman–Crippen MR) is 133 cm³/mol. The van der Waals surface area contributed by atoms with Crippen LogP contribution in [0.1, 0.15) is 54.9 Å². The summed E-state index contributed by atoms with van der Waals surface area (Å²) in [5.74, 6) is 0.268. The molecule has 1 atom stereocenters. The highest BCUT2D eigenvalue weighted by Crippen LogP contribution is 2.23. The Labute approximate surface area is 206 Å². The summed E-state index contributed by atoms with van der Waals surface area (Å²) < 4.78 is 33.7. The fourth-order valence-corrected chi connectivity index (χ4v) is 6.21. The van der Waals surface area contributed by atoms with Crippen molar-refractivity contribution in [1.82, 2.24) is 25.0 Å². The molecule has 0 spiro atoms. The first-order valence-electron chi connectivity index (χ1n) is 12.2. The molecule has 1 unspecified atom stereocenters. The van der Waals surface area contributed by atoms with E-state index in [1.165, 1.54) is 6.20 Å². The first kappa shape index (κ1) is 25.3. The van der Waals surface area contributed by atoms with Crippen molar-refractivity contribution in [1.29, 1.82) is 0 Å². The zero-order valence-electron chi connectivity index (χ0n) is 20.0. The average molecular weight is 500 g/mol. The highest BCUT2D eigenvalue weighted by Gasteiger charge is 2.27. The number of ether oxygens (including phenoxy) is 1. The summed E-state index contributed by atoms with van der Waals surface area (Å²) in [7, 11) is -3.44. The summed E-state index contributed by atoms with van der Waals surface area (Å²) in [5, 5.41) is 5.93. The number of rotatable bonds is 11. The summed E-state index contributed by atoms with van der Waals surface area (Å²) in [6.07, 6.45) is 10.5. The molecule has 35 heavy (non-hydrogen) atoms. The third-order valence-corrected chi connectivity index (χ3v) is 8.66. The van der Waals surface area contributed by atoms with Gasteiger partial charge in [-0.3, -0.25) is 9.20 Å². The molecule has 2 aromatic heterocycles. The number of amides is 1. The number of carbonyl (C=O) groups is 1. The molecule has 1 saturated heterocycles. The molecule has 3 aromatic rings. The molecular formula is C25H33N5O4S. The second-order valence-corrected chi connectivity index (χ2v) is 11.1. The minimum atomic E-state index is -3.44. The number of aromatic nitrogens is 3. The lowest BCUT2D eigenvalue weighted by Crippen LogP contribution is -2.37. The van der Waals surface area contributed by atoms with Crippen molar-refractivity contribution in [2.75, 3.05) is 19.8 Å². The maximum Gasteiger partial charge on any atom is 0.254 e. The van der Waals surface area contributed by atoms with E-state index in [-0.39, 0.29) is 12.5 Å². The lowest BCUT2D eigenvalue weighted by molar-refractivity contribution is 0.0780. The maximum atomic E-state index is 13.3. The molecule has 0 bridgehead atoms. The maximum absolute atomic E-state index is 13.3. The number of sulfone groups is 1. The number of hydrogen-bond donors (Lipinski definition) is 2. The zero-order chi connectivity index (χ0) is 24.7. The van der Waals surface area contributed by atoms with E-state index in [0.29, 0.717) is 41.7 Å². The molecule has 188 valence electrons. The van der Waals surface area contributed by atoms with Gasteiger partial charge in [0, 0.05) is 50.6 Å². The Morgan fingerprint density at radius 2 is 1.94 bits per heavy atom. The molecule has 2 N–H and O–H groups in total. The smallest absolute Gasteiger partial charge is 0.254 e. The molecule has 1 aromatic carbocycles. The Balaban J connectivity index is 1.33. The number of imidazole rings is 1. The van der Waals surface area contributed by atoms with E-state index in [2.05, 4.69) is 20.6 Å². The van der Waals surface area contributed by atoms with Gasteiger partial charge in [-0.25, -0.2) is 18.4 Å².